The standard InChI is InChI=1S/C22H27N5O4S2/c28-33(29,27-8-2-1-3-9-27)17-6-7-19(26-10-12-30-13-11-26)18(15-17)23-16-21-24-22(25-31-21)20-5-4-14-32-20/h4-7,14-15,23H,1-3,8-13,16H2. The molecule has 2 saturated heterocycles. The van der Waals surface area contributed by atoms with Crippen molar-refractivity contribution in [2.24, 2.45) is 0 Å². The number of morpholine rings is 1. The highest BCUT2D eigenvalue weighted by atomic mass is 32.2. The summed E-state index contributed by atoms with van der Waals surface area (Å²) in [5, 5.41) is 9.36. The molecule has 33 heavy (non-hydrogen) atoms. The molecular formula is C22H27N5O4S2. The van der Waals surface area contributed by atoms with Crippen LogP contribution in [-0.2, 0) is 21.3 Å². The highest BCUT2D eigenvalue weighted by molar-refractivity contribution is 7.89. The summed E-state index contributed by atoms with van der Waals surface area (Å²) in [5.74, 6) is 0.993. The van der Waals surface area contributed by atoms with Crippen LogP contribution in [0.25, 0.3) is 10.7 Å². The van der Waals surface area contributed by atoms with Crippen LogP contribution < -0.4 is 10.2 Å². The molecule has 2 fully saturated rings. The summed E-state index contributed by atoms with van der Waals surface area (Å²) in [6.07, 6.45) is 2.88. The molecule has 3 aromatic rings. The Hall–Kier alpha value is -2.47. The minimum Gasteiger partial charge on any atom is -0.378 e. The number of rotatable bonds is 7. The smallest absolute Gasteiger partial charge is 0.246 e. The van der Waals surface area contributed by atoms with E-state index in [2.05, 4.69) is 20.4 Å². The van der Waals surface area contributed by atoms with Gasteiger partial charge in [-0.2, -0.15) is 9.29 Å². The van der Waals surface area contributed by atoms with Gasteiger partial charge >= 0.3 is 0 Å². The fraction of sp³-hybridized carbons (Fsp3) is 0.455. The van der Waals surface area contributed by atoms with Crippen molar-refractivity contribution in [2.75, 3.05) is 49.6 Å². The minimum absolute atomic E-state index is 0.295. The van der Waals surface area contributed by atoms with Gasteiger partial charge in [-0.15, -0.1) is 11.3 Å². The zero-order valence-electron chi connectivity index (χ0n) is 18.3. The van der Waals surface area contributed by atoms with Crippen LogP contribution in [0.4, 0.5) is 11.4 Å². The van der Waals surface area contributed by atoms with E-state index >= 15 is 0 Å². The van der Waals surface area contributed by atoms with Crippen LogP contribution in [0.1, 0.15) is 25.2 Å². The van der Waals surface area contributed by atoms with E-state index in [1.165, 1.54) is 0 Å². The molecule has 0 spiro atoms. The third kappa shape index (κ3) is 4.91. The Morgan fingerprint density at radius 1 is 1.06 bits per heavy atom. The number of nitrogens with one attached hydrogen (secondary N) is 1. The van der Waals surface area contributed by atoms with Crippen LogP contribution >= 0.6 is 11.3 Å². The molecule has 4 heterocycles. The van der Waals surface area contributed by atoms with E-state index < -0.39 is 10.0 Å². The molecule has 0 saturated carbocycles. The molecule has 1 N–H and O–H groups in total. The van der Waals surface area contributed by atoms with E-state index in [0.717, 1.165) is 48.6 Å². The number of piperidine rings is 1. The Kier molecular flexibility index (Phi) is 6.63. The van der Waals surface area contributed by atoms with Crippen LogP contribution in [0.15, 0.2) is 45.1 Å². The molecule has 176 valence electrons. The van der Waals surface area contributed by atoms with Crippen molar-refractivity contribution in [2.45, 2.75) is 30.7 Å². The van der Waals surface area contributed by atoms with Gasteiger partial charge in [-0.1, -0.05) is 17.6 Å². The van der Waals surface area contributed by atoms with Gasteiger partial charge in [0.2, 0.25) is 21.7 Å². The molecule has 5 rings (SSSR count). The van der Waals surface area contributed by atoms with Gasteiger partial charge in [0.25, 0.3) is 0 Å². The van der Waals surface area contributed by atoms with Crippen molar-refractivity contribution < 1.29 is 17.7 Å². The summed E-state index contributed by atoms with van der Waals surface area (Å²) in [6, 6.07) is 9.21. The first-order valence-corrected chi connectivity index (χ1v) is 13.5. The van der Waals surface area contributed by atoms with E-state index in [1.54, 1.807) is 27.8 Å². The second-order valence-electron chi connectivity index (χ2n) is 8.09. The summed E-state index contributed by atoms with van der Waals surface area (Å²) in [7, 11) is -3.54. The Balaban J connectivity index is 1.41. The maximum absolute atomic E-state index is 13.3. The molecule has 0 radical (unpaired) electrons. The number of nitrogens with zero attached hydrogens (tertiary/aromatic N) is 4. The van der Waals surface area contributed by atoms with Crippen molar-refractivity contribution in [1.82, 2.24) is 14.4 Å². The Labute approximate surface area is 197 Å². The monoisotopic (exact) mass is 489 g/mol. The van der Waals surface area contributed by atoms with Gasteiger partial charge in [-0.25, -0.2) is 8.42 Å². The van der Waals surface area contributed by atoms with Crippen molar-refractivity contribution in [3.8, 4) is 10.7 Å². The number of hydrogen-bond acceptors (Lipinski definition) is 9. The lowest BCUT2D eigenvalue weighted by Gasteiger charge is -2.31. The molecule has 0 bridgehead atoms. The predicted molar refractivity (Wildman–Crippen MR) is 127 cm³/mol. The average Bonchev–Trinajstić information content (AvgIpc) is 3.56. The van der Waals surface area contributed by atoms with Crippen LogP contribution in [0.2, 0.25) is 0 Å². The van der Waals surface area contributed by atoms with Gasteiger partial charge in [-0.05, 0) is 42.5 Å². The summed E-state index contributed by atoms with van der Waals surface area (Å²) in [5.41, 5.74) is 1.67. The van der Waals surface area contributed by atoms with E-state index in [1.807, 2.05) is 23.6 Å². The van der Waals surface area contributed by atoms with Gasteiger partial charge in [0.1, 0.15) is 0 Å². The van der Waals surface area contributed by atoms with Gasteiger partial charge < -0.3 is 19.5 Å². The van der Waals surface area contributed by atoms with E-state index in [-0.39, 0.29) is 0 Å². The number of anilines is 2. The lowest BCUT2D eigenvalue weighted by Crippen LogP contribution is -2.37. The predicted octanol–water partition coefficient (Wildman–Crippen LogP) is 3.42. The number of hydrogen-bond donors (Lipinski definition) is 1. The lowest BCUT2D eigenvalue weighted by atomic mass is 10.2. The first-order chi connectivity index (χ1) is 16.1. The van der Waals surface area contributed by atoms with Gasteiger partial charge in [0.05, 0.1) is 40.9 Å². The van der Waals surface area contributed by atoms with Crippen LogP contribution in [0.5, 0.6) is 0 Å². The molecule has 11 heteroatoms. The zero-order valence-corrected chi connectivity index (χ0v) is 19.9. The number of ether oxygens (including phenoxy) is 1. The molecule has 1 aromatic carbocycles. The summed E-state index contributed by atoms with van der Waals surface area (Å²) < 4.78 is 39.0. The molecule has 0 unspecified atom stereocenters. The number of benzene rings is 1. The fourth-order valence-corrected chi connectivity index (χ4v) is 6.35. The normalized spacial score (nSPS) is 17.9. The molecule has 0 amide bonds. The summed E-state index contributed by atoms with van der Waals surface area (Å²) in [4.78, 5) is 7.91. The van der Waals surface area contributed by atoms with Crippen molar-refractivity contribution in [1.29, 1.82) is 0 Å². The molecule has 0 atom stereocenters. The molecule has 2 aromatic heterocycles. The topological polar surface area (TPSA) is 101 Å². The molecular weight excluding hydrogens is 462 g/mol. The third-order valence-corrected chi connectivity index (χ3v) is 8.67. The fourth-order valence-electron chi connectivity index (χ4n) is 4.15. The molecule has 0 aliphatic carbocycles. The molecule has 2 aliphatic heterocycles. The number of sulfonamides is 1. The van der Waals surface area contributed by atoms with Gasteiger partial charge in [0, 0.05) is 26.2 Å². The minimum atomic E-state index is -3.54. The number of aromatic nitrogens is 2. The molecule has 2 aliphatic rings. The summed E-state index contributed by atoms with van der Waals surface area (Å²) >= 11 is 1.55. The Morgan fingerprint density at radius 3 is 2.64 bits per heavy atom. The largest absolute Gasteiger partial charge is 0.378 e. The van der Waals surface area contributed by atoms with Crippen molar-refractivity contribution >= 4 is 32.7 Å². The first-order valence-electron chi connectivity index (χ1n) is 11.2. The van der Waals surface area contributed by atoms with Crippen molar-refractivity contribution in [3.05, 3.63) is 41.6 Å². The highest BCUT2D eigenvalue weighted by Gasteiger charge is 2.27. The van der Waals surface area contributed by atoms with Gasteiger partial charge in [-0.3, -0.25) is 0 Å². The maximum atomic E-state index is 13.3. The number of thiophene rings is 1. The SMILES string of the molecule is O=S(=O)(c1ccc(N2CCOCC2)c(NCc2nc(-c3cccs3)no2)c1)N1CCCCC1. The van der Waals surface area contributed by atoms with E-state index in [9.17, 15) is 8.42 Å². The third-order valence-electron chi connectivity index (χ3n) is 5.91. The second-order valence-corrected chi connectivity index (χ2v) is 11.0. The molecule has 9 nitrogen and oxygen atoms in total. The Bertz CT molecular complexity index is 1170. The Morgan fingerprint density at radius 2 is 1.88 bits per heavy atom. The van der Waals surface area contributed by atoms with E-state index in [4.69, 9.17) is 9.26 Å². The van der Waals surface area contributed by atoms with Crippen LogP contribution in [-0.4, -0.2) is 62.3 Å². The lowest BCUT2D eigenvalue weighted by molar-refractivity contribution is 0.123. The zero-order chi connectivity index (χ0) is 22.7. The maximum Gasteiger partial charge on any atom is 0.246 e. The highest BCUT2D eigenvalue weighted by Crippen LogP contribution is 2.32. The summed E-state index contributed by atoms with van der Waals surface area (Å²) in [6.45, 7) is 4.21. The average molecular weight is 490 g/mol. The first kappa shape index (κ1) is 22.3. The second kappa shape index (κ2) is 9.80. The quantitative estimate of drug-likeness (QED) is 0.539. The van der Waals surface area contributed by atoms with Gasteiger partial charge in [0.15, 0.2) is 0 Å². The van der Waals surface area contributed by atoms with Crippen LogP contribution in [0.3, 0.4) is 0 Å². The van der Waals surface area contributed by atoms with Crippen LogP contribution in [0, 0.1) is 0 Å². The van der Waals surface area contributed by atoms with E-state index in [0.29, 0.717) is 49.5 Å². The van der Waals surface area contributed by atoms with Crippen molar-refractivity contribution in [3.63, 3.8) is 0 Å².